The summed E-state index contributed by atoms with van der Waals surface area (Å²) in [6.07, 6.45) is -1.04. The lowest BCUT2D eigenvalue weighted by molar-refractivity contribution is 0.0412. The van der Waals surface area contributed by atoms with Crippen LogP contribution in [0.3, 0.4) is 0 Å². The highest BCUT2D eigenvalue weighted by Gasteiger charge is 2.23. The lowest BCUT2D eigenvalue weighted by Gasteiger charge is -2.36. The Kier molecular flexibility index (Phi) is 9.50. The fourth-order valence-electron chi connectivity index (χ4n) is 7.10. The van der Waals surface area contributed by atoms with E-state index in [2.05, 4.69) is 104 Å². The summed E-state index contributed by atoms with van der Waals surface area (Å²) in [5.41, 5.74) is 6.59. The van der Waals surface area contributed by atoms with Crippen molar-refractivity contribution in [1.29, 1.82) is 0 Å². The minimum absolute atomic E-state index is 0.509. The molecular weight excluding hydrogens is 600 g/mol. The smallest absolute Gasteiger partial charge is 0.118 e. The topological polar surface area (TPSA) is 75.3 Å². The van der Waals surface area contributed by atoms with E-state index in [0.717, 1.165) is 82.0 Å². The van der Waals surface area contributed by atoms with Gasteiger partial charge in [-0.15, -0.1) is 0 Å². The van der Waals surface area contributed by atoms with Crippen molar-refractivity contribution in [2.45, 2.75) is 25.3 Å². The van der Waals surface area contributed by atoms with Crippen LogP contribution in [0.5, 0.6) is 11.5 Å². The van der Waals surface area contributed by atoms with Crippen molar-refractivity contribution in [1.82, 2.24) is 18.9 Å². The third-order valence-electron chi connectivity index (χ3n) is 9.58. The highest BCUT2D eigenvalue weighted by Crippen LogP contribution is 2.31. The summed E-state index contributed by atoms with van der Waals surface area (Å²) >= 11 is 0. The maximum Gasteiger partial charge on any atom is 0.118 e. The normalized spacial score (nSPS) is 15.6. The maximum atomic E-state index is 11.3. The molecule has 1 saturated heterocycles. The van der Waals surface area contributed by atoms with Crippen LogP contribution in [0, 0.1) is 0 Å². The number of aliphatic hydroxyl groups excluding tert-OH is 2. The summed E-state index contributed by atoms with van der Waals surface area (Å²) in [7, 11) is 3.35. The maximum absolute atomic E-state index is 11.3. The molecule has 2 unspecified atom stereocenters. The van der Waals surface area contributed by atoms with Crippen LogP contribution in [0.25, 0.3) is 44.3 Å². The van der Waals surface area contributed by atoms with E-state index in [-0.39, 0.29) is 0 Å². The number of aliphatic hydroxyl groups is 2. The molecule has 248 valence electrons. The summed E-state index contributed by atoms with van der Waals surface area (Å²) in [6.45, 7) is 5.63. The van der Waals surface area contributed by atoms with Gasteiger partial charge in [0.25, 0.3) is 0 Å². The highest BCUT2D eigenvalue weighted by atomic mass is 16.5. The zero-order valence-electron chi connectivity index (χ0n) is 27.7. The standard InChI is InChI=1S/C40H44N4O4/c1-47-35-15-11-29(12-16-35)39-23-31-7-3-5-9-37(31)43(39)27-33(45)25-41-19-21-42(22-20-41)26-34(46)28-44-38-10-6-4-8-32(38)24-40(44)30-13-17-36(48-2)18-14-30/h3-18,23-24,33-34,45-46H,19-22,25-28H2,1-2H3. The summed E-state index contributed by atoms with van der Waals surface area (Å²) in [4.78, 5) is 4.68. The van der Waals surface area contributed by atoms with Crippen LogP contribution < -0.4 is 9.47 Å². The van der Waals surface area contributed by atoms with E-state index in [1.165, 1.54) is 0 Å². The van der Waals surface area contributed by atoms with E-state index in [0.29, 0.717) is 26.2 Å². The number of methoxy groups -OCH3 is 2. The molecule has 3 heterocycles. The minimum atomic E-state index is -0.520. The van der Waals surface area contributed by atoms with Gasteiger partial charge in [-0.05, 0) is 83.9 Å². The van der Waals surface area contributed by atoms with E-state index in [4.69, 9.17) is 9.47 Å². The number of hydrogen-bond acceptors (Lipinski definition) is 6. The molecule has 2 N–H and O–H groups in total. The van der Waals surface area contributed by atoms with E-state index < -0.39 is 12.2 Å². The Balaban J connectivity index is 0.970. The minimum Gasteiger partial charge on any atom is -0.497 e. The predicted molar refractivity (Wildman–Crippen MR) is 193 cm³/mol. The number of β-amino-alcohol motifs (C(OH)–C–C–N with tert-alkyl or cyclic N) is 2. The number of aromatic nitrogens is 2. The number of para-hydroxylation sites is 2. The fraction of sp³-hybridized carbons (Fsp3) is 0.300. The highest BCUT2D eigenvalue weighted by molar-refractivity contribution is 5.88. The van der Waals surface area contributed by atoms with Gasteiger partial charge in [0.2, 0.25) is 0 Å². The van der Waals surface area contributed by atoms with Crippen molar-refractivity contribution >= 4 is 21.8 Å². The zero-order chi connectivity index (χ0) is 33.0. The fourth-order valence-corrected chi connectivity index (χ4v) is 7.10. The molecule has 1 fully saturated rings. The van der Waals surface area contributed by atoms with Gasteiger partial charge in [0.05, 0.1) is 39.5 Å². The van der Waals surface area contributed by atoms with E-state index in [9.17, 15) is 10.2 Å². The van der Waals surface area contributed by atoms with Crippen LogP contribution in [0.2, 0.25) is 0 Å². The predicted octanol–water partition coefficient (Wildman–Crippen LogP) is 5.99. The van der Waals surface area contributed by atoms with Crippen molar-refractivity contribution in [3.8, 4) is 34.0 Å². The van der Waals surface area contributed by atoms with Gasteiger partial charge in [0.1, 0.15) is 11.5 Å². The number of hydrogen-bond donors (Lipinski definition) is 2. The molecule has 6 aromatic rings. The Morgan fingerprint density at radius 1 is 0.521 bits per heavy atom. The molecule has 1 aliphatic heterocycles. The van der Waals surface area contributed by atoms with Gasteiger partial charge in [-0.2, -0.15) is 0 Å². The monoisotopic (exact) mass is 644 g/mol. The average Bonchev–Trinajstić information content (AvgIpc) is 3.67. The molecule has 0 aliphatic carbocycles. The lowest BCUT2D eigenvalue weighted by atomic mass is 10.1. The molecule has 0 radical (unpaired) electrons. The van der Waals surface area contributed by atoms with Crippen molar-refractivity contribution < 1.29 is 19.7 Å². The Morgan fingerprint density at radius 2 is 0.896 bits per heavy atom. The summed E-state index contributed by atoms with van der Waals surface area (Å²) in [6, 6.07) is 37.3. The van der Waals surface area contributed by atoms with E-state index in [1.54, 1.807) is 14.2 Å². The first-order valence-electron chi connectivity index (χ1n) is 16.8. The molecule has 1 aliphatic rings. The van der Waals surface area contributed by atoms with Gasteiger partial charge in [0.15, 0.2) is 0 Å². The number of benzene rings is 4. The first kappa shape index (κ1) is 32.0. The number of fused-ring (bicyclic) bond motifs is 2. The summed E-state index contributed by atoms with van der Waals surface area (Å²) in [5.74, 6) is 1.65. The van der Waals surface area contributed by atoms with Gasteiger partial charge >= 0.3 is 0 Å². The molecular formula is C40H44N4O4. The van der Waals surface area contributed by atoms with Crippen LogP contribution in [0.1, 0.15) is 0 Å². The molecule has 0 bridgehead atoms. The molecule has 7 rings (SSSR count). The first-order valence-corrected chi connectivity index (χ1v) is 16.8. The van der Waals surface area contributed by atoms with Crippen LogP contribution in [-0.4, -0.2) is 94.8 Å². The summed E-state index contributed by atoms with van der Waals surface area (Å²) < 4.78 is 15.2. The van der Waals surface area contributed by atoms with Gasteiger partial charge in [-0.25, -0.2) is 0 Å². The molecule has 48 heavy (non-hydrogen) atoms. The Hall–Kier alpha value is -4.60. The quantitative estimate of drug-likeness (QED) is 0.171. The third kappa shape index (κ3) is 6.84. The molecule has 4 aromatic carbocycles. The first-order chi connectivity index (χ1) is 23.5. The molecule has 8 heteroatoms. The zero-order valence-corrected chi connectivity index (χ0v) is 27.7. The number of nitrogens with zero attached hydrogens (tertiary/aromatic N) is 4. The second kappa shape index (κ2) is 14.3. The van der Waals surface area contributed by atoms with Crippen LogP contribution in [-0.2, 0) is 13.1 Å². The van der Waals surface area contributed by atoms with Crippen molar-refractivity contribution in [3.05, 3.63) is 109 Å². The van der Waals surface area contributed by atoms with Crippen LogP contribution >= 0.6 is 0 Å². The second-order valence-electron chi connectivity index (χ2n) is 12.8. The van der Waals surface area contributed by atoms with Crippen molar-refractivity contribution in [2.24, 2.45) is 0 Å². The van der Waals surface area contributed by atoms with Crippen molar-refractivity contribution in [3.63, 3.8) is 0 Å². The second-order valence-corrected chi connectivity index (χ2v) is 12.8. The number of piperazine rings is 1. The molecule has 2 atom stereocenters. The lowest BCUT2D eigenvalue weighted by Crippen LogP contribution is -2.50. The third-order valence-corrected chi connectivity index (χ3v) is 9.58. The Morgan fingerprint density at radius 3 is 1.27 bits per heavy atom. The van der Waals surface area contributed by atoms with Crippen molar-refractivity contribution in [2.75, 3.05) is 53.5 Å². The Labute approximate surface area is 282 Å². The molecule has 8 nitrogen and oxygen atoms in total. The largest absolute Gasteiger partial charge is 0.497 e. The van der Waals surface area contributed by atoms with Gasteiger partial charge in [0, 0.05) is 72.5 Å². The van der Waals surface area contributed by atoms with E-state index in [1.807, 2.05) is 24.3 Å². The number of rotatable bonds is 12. The van der Waals surface area contributed by atoms with E-state index >= 15 is 0 Å². The molecule has 0 spiro atoms. The summed E-state index contributed by atoms with van der Waals surface area (Å²) in [5, 5.41) is 25.0. The molecule has 0 amide bonds. The SMILES string of the molecule is COc1ccc(-c2cc3ccccc3n2CC(O)CN2CCN(CC(O)Cn3c(-c4ccc(OC)cc4)cc4ccccc43)CC2)cc1. The molecule has 2 aromatic heterocycles. The van der Waals surface area contributed by atoms with Crippen LogP contribution in [0.15, 0.2) is 109 Å². The van der Waals surface area contributed by atoms with Gasteiger partial charge in [-0.3, -0.25) is 9.80 Å². The van der Waals surface area contributed by atoms with Crippen LogP contribution in [0.4, 0.5) is 0 Å². The van der Waals surface area contributed by atoms with Gasteiger partial charge in [-0.1, -0.05) is 36.4 Å². The Bertz CT molecular complexity index is 1810. The van der Waals surface area contributed by atoms with Gasteiger partial charge < -0.3 is 28.8 Å². The number of ether oxygens (including phenoxy) is 2. The molecule has 0 saturated carbocycles. The average molecular weight is 645 g/mol.